The van der Waals surface area contributed by atoms with Gasteiger partial charge >= 0.3 is 17.9 Å². The highest BCUT2D eigenvalue weighted by atomic mass is 35.5. The minimum Gasteiger partial charge on any atom is -0.462 e. The summed E-state index contributed by atoms with van der Waals surface area (Å²) in [5.41, 5.74) is 3.22. The lowest BCUT2D eigenvalue weighted by Crippen LogP contribution is -2.21. The van der Waals surface area contributed by atoms with Crippen molar-refractivity contribution in [2.45, 2.75) is 167 Å². The average Bonchev–Trinajstić information content (AvgIpc) is 3.38. The zero-order chi connectivity index (χ0) is 51.9. The number of esters is 3. The zero-order valence-electron chi connectivity index (χ0n) is 43.1. The van der Waals surface area contributed by atoms with E-state index in [1.807, 2.05) is 0 Å². The summed E-state index contributed by atoms with van der Waals surface area (Å²) in [4.78, 5) is 36.9. The van der Waals surface area contributed by atoms with Crippen LogP contribution in [0.1, 0.15) is 177 Å². The molecule has 0 aliphatic carbocycles. The molecular weight excluding hydrogens is 971 g/mol. The molecule has 0 unspecified atom stereocenters. The molecule has 0 aromatic heterocycles. The fraction of sp³-hybridized carbons (Fsp3) is 0.550. The first-order valence-corrected chi connectivity index (χ1v) is 27.9. The van der Waals surface area contributed by atoms with Crippen molar-refractivity contribution in [1.29, 1.82) is 0 Å². The van der Waals surface area contributed by atoms with Crippen LogP contribution in [-0.2, 0) is 42.8 Å². The zero-order valence-corrected chi connectivity index (χ0v) is 45.3. The summed E-state index contributed by atoms with van der Waals surface area (Å²) in [6.07, 6.45) is 26.5. The standard InChI is InChI=1S/C60H83Cl3O9/c1-48(51-28-34-54(61)35-29-51)58(64)70-44-25-19-13-5-4-10-16-22-41-67-47-40-57(68-42-23-17-11-6-8-14-20-26-45-71-59(65)49(2)52-30-36-55(62)37-31-52)69-43-24-18-12-7-9-15-21-27-46-72-60(66)50(3)53-32-38-56(63)39-33-53/h28-39,57H,1-27,40-47H2. The summed E-state index contributed by atoms with van der Waals surface area (Å²) in [5.74, 6) is -1.14. The molecule has 9 nitrogen and oxygen atoms in total. The van der Waals surface area contributed by atoms with Gasteiger partial charge < -0.3 is 28.4 Å². The van der Waals surface area contributed by atoms with Crippen LogP contribution in [0.4, 0.5) is 0 Å². The summed E-state index contributed by atoms with van der Waals surface area (Å²) in [5, 5.41) is 1.85. The summed E-state index contributed by atoms with van der Waals surface area (Å²) in [7, 11) is 0. The van der Waals surface area contributed by atoms with Crippen molar-refractivity contribution in [3.8, 4) is 0 Å². The molecule has 0 saturated carbocycles. The molecule has 0 N–H and O–H groups in total. The molecule has 0 aliphatic heterocycles. The van der Waals surface area contributed by atoms with Gasteiger partial charge in [-0.3, -0.25) is 0 Å². The van der Waals surface area contributed by atoms with Gasteiger partial charge in [0.2, 0.25) is 0 Å². The molecule has 0 spiro atoms. The van der Waals surface area contributed by atoms with Gasteiger partial charge in [-0.1, -0.05) is 207 Å². The Morgan fingerprint density at radius 1 is 0.333 bits per heavy atom. The first kappa shape index (κ1) is 62.3. The molecule has 0 amide bonds. The lowest BCUT2D eigenvalue weighted by molar-refractivity contribution is -0.154. The largest absolute Gasteiger partial charge is 0.462 e. The number of ether oxygens (including phenoxy) is 6. The van der Waals surface area contributed by atoms with Crippen molar-refractivity contribution in [1.82, 2.24) is 0 Å². The van der Waals surface area contributed by atoms with Gasteiger partial charge in [-0.2, -0.15) is 0 Å². The molecule has 12 heteroatoms. The van der Waals surface area contributed by atoms with Crippen LogP contribution in [0, 0.1) is 0 Å². The van der Waals surface area contributed by atoms with Gasteiger partial charge in [0, 0.05) is 41.3 Å². The summed E-state index contributed by atoms with van der Waals surface area (Å²) < 4.78 is 34.8. The van der Waals surface area contributed by atoms with Crippen LogP contribution in [0.25, 0.3) is 16.7 Å². The van der Waals surface area contributed by atoms with E-state index < -0.39 is 0 Å². The van der Waals surface area contributed by atoms with Crippen molar-refractivity contribution in [2.75, 3.05) is 46.2 Å². The third-order valence-corrected chi connectivity index (χ3v) is 13.1. The maximum absolute atomic E-state index is 12.3. The molecule has 0 radical (unpaired) electrons. The SMILES string of the molecule is C=C(C(=O)OCCCCCCCCCCOCCC(OCCCCCCCCCCOC(=O)C(=C)c1ccc(Cl)cc1)OCCCCCCCCCCOC(=O)C(=C)c1ccc(Cl)cc1)c1ccc(Cl)cc1. The molecule has 0 saturated heterocycles. The lowest BCUT2D eigenvalue weighted by Gasteiger charge is -2.19. The van der Waals surface area contributed by atoms with Gasteiger partial charge in [-0.05, 0) is 91.6 Å². The molecule has 3 aromatic carbocycles. The normalized spacial score (nSPS) is 11.2. The van der Waals surface area contributed by atoms with E-state index in [9.17, 15) is 14.4 Å². The van der Waals surface area contributed by atoms with Crippen LogP contribution in [-0.4, -0.2) is 70.4 Å². The molecule has 0 atom stereocenters. The Morgan fingerprint density at radius 2 is 0.569 bits per heavy atom. The minimum atomic E-state index is -0.381. The molecule has 0 fully saturated rings. The van der Waals surface area contributed by atoms with Gasteiger partial charge in [-0.25, -0.2) is 14.4 Å². The van der Waals surface area contributed by atoms with E-state index in [2.05, 4.69) is 19.7 Å². The second-order valence-corrected chi connectivity index (χ2v) is 19.7. The van der Waals surface area contributed by atoms with E-state index in [0.29, 0.717) is 71.4 Å². The monoisotopic (exact) mass is 1050 g/mol. The maximum Gasteiger partial charge on any atom is 0.338 e. The van der Waals surface area contributed by atoms with Crippen LogP contribution in [0.5, 0.6) is 0 Å². The van der Waals surface area contributed by atoms with Crippen LogP contribution in [0.2, 0.25) is 15.1 Å². The van der Waals surface area contributed by atoms with Crippen molar-refractivity contribution >= 4 is 69.4 Å². The first-order chi connectivity index (χ1) is 35.0. The van der Waals surface area contributed by atoms with E-state index in [-0.39, 0.29) is 24.2 Å². The molecule has 0 bridgehead atoms. The molecule has 3 aromatic rings. The fourth-order valence-corrected chi connectivity index (χ4v) is 8.26. The molecule has 0 aliphatic rings. The predicted octanol–water partition coefficient (Wildman–Crippen LogP) is 16.8. The number of hydrogen-bond acceptors (Lipinski definition) is 9. The highest BCUT2D eigenvalue weighted by molar-refractivity contribution is 6.31. The van der Waals surface area contributed by atoms with Crippen LogP contribution >= 0.6 is 34.8 Å². The van der Waals surface area contributed by atoms with Crippen molar-refractivity contribution < 1.29 is 42.8 Å². The van der Waals surface area contributed by atoms with Crippen molar-refractivity contribution in [2.24, 2.45) is 0 Å². The average molecular weight is 1050 g/mol. The minimum absolute atomic E-state index is 0.259. The lowest BCUT2D eigenvalue weighted by atomic mass is 10.1. The Balaban J connectivity index is 1.19. The Labute approximate surface area is 447 Å². The Morgan fingerprint density at radius 3 is 0.847 bits per heavy atom. The van der Waals surface area contributed by atoms with E-state index in [1.54, 1.807) is 72.8 Å². The summed E-state index contributed by atoms with van der Waals surface area (Å²) in [6.45, 7) is 15.6. The number of rotatable bonds is 44. The highest BCUT2D eigenvalue weighted by Gasteiger charge is 2.14. The predicted molar refractivity (Wildman–Crippen MR) is 296 cm³/mol. The molecule has 398 valence electrons. The summed E-state index contributed by atoms with van der Waals surface area (Å²) in [6, 6.07) is 21.1. The smallest absolute Gasteiger partial charge is 0.338 e. The second kappa shape index (κ2) is 40.4. The van der Waals surface area contributed by atoms with Crippen LogP contribution in [0.15, 0.2) is 92.5 Å². The number of carbonyl (C=O) groups is 3. The van der Waals surface area contributed by atoms with E-state index in [1.165, 1.54) is 57.8 Å². The third kappa shape index (κ3) is 29.7. The quantitative estimate of drug-likeness (QED) is 0.0180. The molecule has 3 rings (SSSR count). The van der Waals surface area contributed by atoms with Crippen LogP contribution < -0.4 is 0 Å². The van der Waals surface area contributed by atoms with Gasteiger partial charge in [0.25, 0.3) is 0 Å². The van der Waals surface area contributed by atoms with E-state index in [0.717, 1.165) is 126 Å². The topological polar surface area (TPSA) is 107 Å². The van der Waals surface area contributed by atoms with E-state index >= 15 is 0 Å². The van der Waals surface area contributed by atoms with Crippen LogP contribution in [0.3, 0.4) is 0 Å². The second-order valence-electron chi connectivity index (χ2n) is 18.4. The Kier molecular flexibility index (Phi) is 35.0. The highest BCUT2D eigenvalue weighted by Crippen LogP contribution is 2.21. The van der Waals surface area contributed by atoms with Crippen molar-refractivity contribution in [3.05, 3.63) is 124 Å². The Hall–Kier alpha value is -3.96. The molecule has 0 heterocycles. The fourth-order valence-electron chi connectivity index (χ4n) is 7.89. The van der Waals surface area contributed by atoms with Crippen molar-refractivity contribution in [3.63, 3.8) is 0 Å². The Bertz CT molecular complexity index is 1870. The summed E-state index contributed by atoms with van der Waals surface area (Å²) >= 11 is 17.8. The number of hydrogen-bond donors (Lipinski definition) is 0. The van der Waals surface area contributed by atoms with E-state index in [4.69, 9.17) is 63.2 Å². The number of unbranched alkanes of at least 4 members (excludes halogenated alkanes) is 21. The third-order valence-electron chi connectivity index (χ3n) is 12.4. The maximum atomic E-state index is 12.3. The first-order valence-electron chi connectivity index (χ1n) is 26.7. The van der Waals surface area contributed by atoms with Gasteiger partial charge in [0.15, 0.2) is 6.29 Å². The number of benzene rings is 3. The van der Waals surface area contributed by atoms with Gasteiger partial charge in [0.05, 0.1) is 43.1 Å². The number of halogens is 3. The number of carbonyl (C=O) groups excluding carboxylic acids is 3. The molecule has 72 heavy (non-hydrogen) atoms. The van der Waals surface area contributed by atoms with Gasteiger partial charge in [-0.15, -0.1) is 0 Å². The van der Waals surface area contributed by atoms with Gasteiger partial charge in [0.1, 0.15) is 0 Å². The molecular formula is C60H83Cl3O9.